The van der Waals surface area contributed by atoms with Crippen LogP contribution in [0.25, 0.3) is 0 Å². The fourth-order valence-corrected chi connectivity index (χ4v) is 2.39. The van der Waals surface area contributed by atoms with Crippen LogP contribution in [0.15, 0.2) is 33.8 Å². The van der Waals surface area contributed by atoms with Gasteiger partial charge in [-0.15, -0.1) is 0 Å². The molecule has 0 saturated carbocycles. The van der Waals surface area contributed by atoms with Gasteiger partial charge in [0.15, 0.2) is 5.78 Å². The molecular formula is C16H19BrN2O3. The highest BCUT2D eigenvalue weighted by Crippen LogP contribution is 2.25. The third kappa shape index (κ3) is 3.94. The van der Waals surface area contributed by atoms with Gasteiger partial charge in [-0.2, -0.15) is 5.10 Å². The van der Waals surface area contributed by atoms with Crippen molar-refractivity contribution in [3.05, 3.63) is 28.7 Å². The summed E-state index contributed by atoms with van der Waals surface area (Å²) in [7, 11) is 0. The van der Waals surface area contributed by atoms with E-state index in [2.05, 4.69) is 21.0 Å². The van der Waals surface area contributed by atoms with Gasteiger partial charge in [0.25, 0.3) is 0 Å². The van der Waals surface area contributed by atoms with Crippen LogP contribution in [0.2, 0.25) is 0 Å². The van der Waals surface area contributed by atoms with Crippen LogP contribution in [-0.4, -0.2) is 30.6 Å². The van der Waals surface area contributed by atoms with Crippen LogP contribution in [0.5, 0.6) is 0 Å². The Kier molecular flexibility index (Phi) is 5.34. The molecule has 0 N–H and O–H groups in total. The third-order valence-electron chi connectivity index (χ3n) is 3.24. The van der Waals surface area contributed by atoms with Gasteiger partial charge in [0.2, 0.25) is 0 Å². The Morgan fingerprint density at radius 3 is 2.55 bits per heavy atom. The second kappa shape index (κ2) is 7.05. The molecule has 1 aliphatic rings. The number of ketones is 1. The predicted molar refractivity (Wildman–Crippen MR) is 88.9 cm³/mol. The number of rotatable bonds is 5. The lowest BCUT2D eigenvalue weighted by atomic mass is 10.0. The van der Waals surface area contributed by atoms with E-state index in [9.17, 15) is 9.59 Å². The van der Waals surface area contributed by atoms with Crippen LogP contribution in [0.3, 0.4) is 0 Å². The number of ether oxygens (including phenoxy) is 1. The quantitative estimate of drug-likeness (QED) is 0.751. The molecule has 0 saturated heterocycles. The molecular weight excluding hydrogens is 348 g/mol. The van der Waals surface area contributed by atoms with Crippen LogP contribution >= 0.6 is 15.9 Å². The van der Waals surface area contributed by atoms with Gasteiger partial charge >= 0.3 is 5.97 Å². The Balaban J connectivity index is 2.16. The minimum atomic E-state index is -0.625. The molecule has 0 amide bonds. The third-order valence-corrected chi connectivity index (χ3v) is 3.77. The molecule has 0 radical (unpaired) electrons. The first-order valence-electron chi connectivity index (χ1n) is 7.17. The first kappa shape index (κ1) is 16.7. The van der Waals surface area contributed by atoms with Gasteiger partial charge in [-0.25, -0.2) is 0 Å². The first-order chi connectivity index (χ1) is 10.4. The van der Waals surface area contributed by atoms with Crippen LogP contribution in [0.4, 0.5) is 5.69 Å². The van der Waals surface area contributed by atoms with Gasteiger partial charge in [-0.1, -0.05) is 29.8 Å². The molecule has 0 fully saturated rings. The summed E-state index contributed by atoms with van der Waals surface area (Å²) in [6.07, 6.45) is 0. The van der Waals surface area contributed by atoms with Crippen molar-refractivity contribution in [3.63, 3.8) is 0 Å². The number of Topliss-reactive ketones (excluding diaryl/α,β-unsaturated/α-hetero) is 1. The predicted octanol–water partition coefficient (Wildman–Crippen LogP) is 3.03. The summed E-state index contributed by atoms with van der Waals surface area (Å²) in [6.45, 7) is 6.03. The van der Waals surface area contributed by atoms with Crippen LogP contribution in [0, 0.1) is 11.8 Å². The number of halogens is 1. The topological polar surface area (TPSA) is 59.0 Å². The molecule has 5 nitrogen and oxygen atoms in total. The van der Waals surface area contributed by atoms with E-state index in [1.165, 1.54) is 6.92 Å². The number of anilines is 1. The van der Waals surface area contributed by atoms with Gasteiger partial charge in [0.05, 0.1) is 18.8 Å². The van der Waals surface area contributed by atoms with E-state index in [1.54, 1.807) is 5.01 Å². The summed E-state index contributed by atoms with van der Waals surface area (Å²) in [5.74, 6) is -0.959. The Hall–Kier alpha value is -1.69. The van der Waals surface area contributed by atoms with Gasteiger partial charge in [-0.3, -0.25) is 14.6 Å². The minimum Gasteiger partial charge on any atom is -0.465 e. The average Bonchev–Trinajstić information content (AvgIpc) is 2.91. The van der Waals surface area contributed by atoms with E-state index in [1.807, 2.05) is 38.1 Å². The van der Waals surface area contributed by atoms with Crippen molar-refractivity contribution in [1.82, 2.24) is 0 Å². The van der Waals surface area contributed by atoms with Crippen molar-refractivity contribution in [1.29, 1.82) is 0 Å². The van der Waals surface area contributed by atoms with E-state index in [0.29, 0.717) is 13.2 Å². The van der Waals surface area contributed by atoms with Crippen LogP contribution < -0.4 is 5.01 Å². The molecule has 0 bridgehead atoms. The number of hydrogen-bond donors (Lipinski definition) is 0. The molecule has 0 aliphatic carbocycles. The molecule has 0 unspecified atom stereocenters. The number of nitrogens with zero attached hydrogens (tertiary/aromatic N) is 2. The molecule has 2 rings (SSSR count). The Morgan fingerprint density at radius 1 is 1.36 bits per heavy atom. The highest BCUT2D eigenvalue weighted by molar-refractivity contribution is 9.10. The zero-order valence-corrected chi connectivity index (χ0v) is 14.5. The zero-order valence-electron chi connectivity index (χ0n) is 12.9. The fraction of sp³-hybridized carbons (Fsp3) is 0.438. The average molecular weight is 367 g/mol. The summed E-state index contributed by atoms with van der Waals surface area (Å²) < 4.78 is 6.22. The molecule has 1 aliphatic heterocycles. The summed E-state index contributed by atoms with van der Waals surface area (Å²) in [4.78, 5) is 24.0. The molecule has 6 heteroatoms. The van der Waals surface area contributed by atoms with Gasteiger partial charge in [0.1, 0.15) is 11.6 Å². The maximum absolute atomic E-state index is 12.2. The summed E-state index contributed by atoms with van der Waals surface area (Å²) in [5, 5.41) is 5.97. The second-order valence-electron chi connectivity index (χ2n) is 5.68. The molecule has 0 aromatic heterocycles. The SMILES string of the molecule is CC(=O)C1=NN(c2ccc(Br)cc2)C[C@H]1C(=O)OCC(C)C. The van der Waals surface area contributed by atoms with E-state index in [-0.39, 0.29) is 23.4 Å². The number of hydrogen-bond acceptors (Lipinski definition) is 5. The standard InChI is InChI=1S/C16H19BrN2O3/c1-10(2)9-22-16(21)14-8-19(18-15(14)11(3)20)13-6-4-12(17)5-7-13/h4-7,10,14H,8-9H2,1-3H3/t14-/m1/s1. The highest BCUT2D eigenvalue weighted by atomic mass is 79.9. The maximum Gasteiger partial charge on any atom is 0.317 e. The summed E-state index contributed by atoms with van der Waals surface area (Å²) >= 11 is 3.38. The molecule has 118 valence electrons. The highest BCUT2D eigenvalue weighted by Gasteiger charge is 2.36. The lowest BCUT2D eigenvalue weighted by molar-refractivity contribution is -0.147. The largest absolute Gasteiger partial charge is 0.465 e. The van der Waals surface area contributed by atoms with Gasteiger partial charge < -0.3 is 4.74 Å². The fourth-order valence-electron chi connectivity index (χ4n) is 2.13. The molecule has 0 spiro atoms. The van der Waals surface area contributed by atoms with Gasteiger partial charge in [0, 0.05) is 11.4 Å². The normalized spacial score (nSPS) is 17.6. The van der Waals surface area contributed by atoms with Crippen molar-refractivity contribution >= 4 is 39.1 Å². The Bertz CT molecular complexity index is 596. The van der Waals surface area contributed by atoms with Crippen molar-refractivity contribution in [2.24, 2.45) is 16.9 Å². The monoisotopic (exact) mass is 366 g/mol. The molecule has 1 atom stereocenters. The first-order valence-corrected chi connectivity index (χ1v) is 7.97. The van der Waals surface area contributed by atoms with Crippen molar-refractivity contribution in [2.45, 2.75) is 20.8 Å². The van der Waals surface area contributed by atoms with Crippen LogP contribution in [0.1, 0.15) is 20.8 Å². The van der Waals surface area contributed by atoms with Gasteiger partial charge in [-0.05, 0) is 30.2 Å². The smallest absolute Gasteiger partial charge is 0.317 e. The Morgan fingerprint density at radius 2 is 2.00 bits per heavy atom. The number of hydrazone groups is 1. The van der Waals surface area contributed by atoms with Crippen molar-refractivity contribution < 1.29 is 14.3 Å². The molecule has 22 heavy (non-hydrogen) atoms. The van der Waals surface area contributed by atoms with Crippen molar-refractivity contribution in [2.75, 3.05) is 18.2 Å². The molecule has 1 aromatic carbocycles. The summed E-state index contributed by atoms with van der Waals surface area (Å²) in [6, 6.07) is 7.55. The van der Waals surface area contributed by atoms with Crippen molar-refractivity contribution in [3.8, 4) is 0 Å². The number of carbonyl (C=O) groups is 2. The summed E-state index contributed by atoms with van der Waals surface area (Å²) in [5.41, 5.74) is 1.10. The lowest BCUT2D eigenvalue weighted by Gasteiger charge is -2.16. The molecule has 1 aromatic rings. The maximum atomic E-state index is 12.2. The second-order valence-corrected chi connectivity index (χ2v) is 6.59. The zero-order chi connectivity index (χ0) is 16.3. The Labute approximate surface area is 138 Å². The van der Waals surface area contributed by atoms with E-state index in [0.717, 1.165) is 10.2 Å². The van der Waals surface area contributed by atoms with Crippen LogP contribution in [-0.2, 0) is 14.3 Å². The van der Waals surface area contributed by atoms with E-state index >= 15 is 0 Å². The molecule has 1 heterocycles. The van der Waals surface area contributed by atoms with E-state index < -0.39 is 5.92 Å². The minimum absolute atomic E-state index is 0.203. The van der Waals surface area contributed by atoms with E-state index in [4.69, 9.17) is 4.74 Å². The lowest BCUT2D eigenvalue weighted by Crippen LogP contribution is -2.32. The number of esters is 1. The number of carbonyl (C=O) groups excluding carboxylic acids is 2. The number of benzene rings is 1.